The lowest BCUT2D eigenvalue weighted by Gasteiger charge is -2.31. The molecule has 170 valence electrons. The molecule has 4 rings (SSSR count). The quantitative estimate of drug-likeness (QED) is 0.503. The van der Waals surface area contributed by atoms with Gasteiger partial charge in [-0.1, -0.05) is 55.0 Å². The van der Waals surface area contributed by atoms with E-state index in [4.69, 9.17) is 0 Å². The van der Waals surface area contributed by atoms with Crippen LogP contribution in [-0.4, -0.2) is 66.6 Å². The lowest BCUT2D eigenvalue weighted by atomic mass is 9.90. The van der Waals surface area contributed by atoms with Gasteiger partial charge in [0.25, 0.3) is 0 Å². The van der Waals surface area contributed by atoms with Crippen LogP contribution in [0.4, 0.5) is 0 Å². The Bertz CT molecular complexity index is 992. The Kier molecular flexibility index (Phi) is 7.01. The number of aliphatic hydroxyl groups is 3. The number of hydrogen-bond donors (Lipinski definition) is 3. The molecule has 0 amide bonds. The Morgan fingerprint density at radius 2 is 1.75 bits per heavy atom. The van der Waals surface area contributed by atoms with E-state index < -0.39 is 18.3 Å². The third kappa shape index (κ3) is 4.76. The molecule has 7 nitrogen and oxygen atoms in total. The van der Waals surface area contributed by atoms with Crippen molar-refractivity contribution in [1.82, 2.24) is 19.9 Å². The van der Waals surface area contributed by atoms with Crippen LogP contribution in [0.3, 0.4) is 0 Å². The van der Waals surface area contributed by atoms with Crippen molar-refractivity contribution in [2.24, 2.45) is 0 Å². The lowest BCUT2D eigenvalue weighted by Crippen LogP contribution is -2.44. The van der Waals surface area contributed by atoms with E-state index in [1.54, 1.807) is 0 Å². The number of hydrogen-bond acceptors (Lipinski definition) is 6. The molecule has 1 aromatic heterocycles. The molecule has 0 radical (unpaired) electrons. The minimum absolute atomic E-state index is 0.228. The normalized spacial score (nSPS) is 22.0. The van der Waals surface area contributed by atoms with E-state index in [0.717, 1.165) is 25.1 Å². The fraction of sp³-hybridized carbons (Fsp3) is 0.440. The first-order valence-corrected chi connectivity index (χ1v) is 11.3. The predicted octanol–water partition coefficient (Wildman–Crippen LogP) is 2.60. The van der Waals surface area contributed by atoms with Crippen molar-refractivity contribution in [3.8, 4) is 5.69 Å². The molecular formula is C25H32N4O3. The highest BCUT2D eigenvalue weighted by molar-refractivity contribution is 5.29. The Morgan fingerprint density at radius 1 is 1.03 bits per heavy atom. The van der Waals surface area contributed by atoms with Gasteiger partial charge in [-0.25, -0.2) is 0 Å². The van der Waals surface area contributed by atoms with Crippen LogP contribution in [0.2, 0.25) is 0 Å². The zero-order chi connectivity index (χ0) is 22.7. The van der Waals surface area contributed by atoms with E-state index in [9.17, 15) is 15.3 Å². The number of benzene rings is 2. The smallest absolute Gasteiger partial charge is 0.128 e. The summed E-state index contributed by atoms with van der Waals surface area (Å²) >= 11 is 0. The summed E-state index contributed by atoms with van der Waals surface area (Å²) < 4.78 is 0. The van der Waals surface area contributed by atoms with E-state index in [1.807, 2.05) is 30.3 Å². The molecule has 1 aliphatic rings. The zero-order valence-electron chi connectivity index (χ0n) is 18.6. The number of β-amino-alcohol motifs (C(OH)–C–C–N with tert-alkyl or cyclic N) is 1. The van der Waals surface area contributed by atoms with Gasteiger partial charge in [0.1, 0.15) is 17.9 Å². The molecule has 1 fully saturated rings. The Labute approximate surface area is 188 Å². The Morgan fingerprint density at radius 3 is 2.44 bits per heavy atom. The van der Waals surface area contributed by atoms with Crippen molar-refractivity contribution in [3.05, 3.63) is 77.6 Å². The average Bonchev–Trinajstić information content (AvgIpc) is 3.46. The summed E-state index contributed by atoms with van der Waals surface area (Å²) in [6.45, 7) is 5.39. The molecule has 3 aromatic rings. The first-order valence-electron chi connectivity index (χ1n) is 11.3. The molecule has 0 spiro atoms. The number of aliphatic hydroxyl groups excluding tert-OH is 3. The van der Waals surface area contributed by atoms with Crippen LogP contribution in [0.25, 0.3) is 5.69 Å². The highest BCUT2D eigenvalue weighted by Gasteiger charge is 2.37. The van der Waals surface area contributed by atoms with Gasteiger partial charge < -0.3 is 15.3 Å². The van der Waals surface area contributed by atoms with Gasteiger partial charge >= 0.3 is 0 Å². The van der Waals surface area contributed by atoms with Crippen LogP contribution in [-0.2, 0) is 0 Å². The highest BCUT2D eigenvalue weighted by Crippen LogP contribution is 2.35. The average molecular weight is 437 g/mol. The summed E-state index contributed by atoms with van der Waals surface area (Å²) in [5.41, 5.74) is 3.54. The van der Waals surface area contributed by atoms with Gasteiger partial charge in [0.2, 0.25) is 0 Å². The largest absolute Gasteiger partial charge is 0.389 e. The van der Waals surface area contributed by atoms with E-state index in [2.05, 4.69) is 53.2 Å². The Hall–Kier alpha value is -2.58. The van der Waals surface area contributed by atoms with Gasteiger partial charge in [-0.2, -0.15) is 15.0 Å². The second-order valence-corrected chi connectivity index (χ2v) is 8.67. The fourth-order valence-electron chi connectivity index (χ4n) is 4.72. The minimum Gasteiger partial charge on any atom is -0.389 e. The van der Waals surface area contributed by atoms with Crippen molar-refractivity contribution >= 4 is 0 Å². The summed E-state index contributed by atoms with van der Waals surface area (Å²) in [6, 6.07) is 18.3. The summed E-state index contributed by atoms with van der Waals surface area (Å²) in [7, 11) is 0. The number of likely N-dealkylation sites (tertiary alicyclic amines) is 1. The van der Waals surface area contributed by atoms with Crippen LogP contribution in [0.1, 0.15) is 48.6 Å². The topological polar surface area (TPSA) is 94.6 Å². The molecule has 1 aliphatic heterocycles. The monoisotopic (exact) mass is 436 g/mol. The van der Waals surface area contributed by atoms with Crippen molar-refractivity contribution in [2.45, 2.75) is 57.0 Å². The summed E-state index contributed by atoms with van der Waals surface area (Å²) in [5.74, 6) is 0.403. The summed E-state index contributed by atoms with van der Waals surface area (Å²) in [4.78, 5) is 3.63. The molecule has 2 aromatic carbocycles. The van der Waals surface area contributed by atoms with E-state index in [-0.39, 0.29) is 11.7 Å². The minimum atomic E-state index is -1.35. The molecule has 0 aliphatic carbocycles. The highest BCUT2D eigenvalue weighted by atomic mass is 16.4. The van der Waals surface area contributed by atoms with Crippen molar-refractivity contribution in [1.29, 1.82) is 0 Å². The maximum absolute atomic E-state index is 10.7. The molecule has 32 heavy (non-hydrogen) atoms. The maximum atomic E-state index is 10.7. The van der Waals surface area contributed by atoms with Gasteiger partial charge in [0, 0.05) is 18.5 Å². The van der Waals surface area contributed by atoms with Gasteiger partial charge in [0.15, 0.2) is 0 Å². The lowest BCUT2D eigenvalue weighted by molar-refractivity contribution is -0.0733. The third-order valence-corrected chi connectivity index (χ3v) is 6.52. The van der Waals surface area contributed by atoms with E-state index in [1.165, 1.54) is 22.1 Å². The molecule has 0 saturated carbocycles. The van der Waals surface area contributed by atoms with E-state index >= 15 is 0 Å². The molecule has 5 atom stereocenters. The van der Waals surface area contributed by atoms with Gasteiger partial charge in [-0.05, 0) is 44.0 Å². The number of aromatic nitrogens is 3. The Balaban J connectivity index is 1.40. The second-order valence-electron chi connectivity index (χ2n) is 8.67. The number of para-hydroxylation sites is 1. The van der Waals surface area contributed by atoms with Crippen molar-refractivity contribution < 1.29 is 15.3 Å². The predicted molar refractivity (Wildman–Crippen MR) is 123 cm³/mol. The van der Waals surface area contributed by atoms with Crippen LogP contribution in [0.5, 0.6) is 0 Å². The summed E-state index contributed by atoms with van der Waals surface area (Å²) in [6.07, 6.45) is -0.387. The zero-order valence-corrected chi connectivity index (χ0v) is 18.6. The molecule has 0 bridgehead atoms. The molecule has 2 heterocycles. The second kappa shape index (κ2) is 9.92. The molecule has 5 unspecified atom stereocenters. The molecular weight excluding hydrogens is 404 g/mol. The molecule has 1 saturated heterocycles. The van der Waals surface area contributed by atoms with Crippen LogP contribution >= 0.6 is 0 Å². The van der Waals surface area contributed by atoms with Crippen LogP contribution in [0.15, 0.2) is 60.8 Å². The van der Waals surface area contributed by atoms with Gasteiger partial charge in [-0.3, -0.25) is 4.90 Å². The third-order valence-electron chi connectivity index (χ3n) is 6.52. The van der Waals surface area contributed by atoms with Crippen LogP contribution in [0, 0.1) is 6.92 Å². The standard InChI is InChI=1S/C25H32N4O3/c1-3-22-20(18-11-9-17(2)10-12-18)13-14-28(22)16-23(30)25(32)24(31)21-15-26-29(27-21)19-7-5-4-6-8-19/h4-12,15,20,22-25,30-32H,3,13-14,16H2,1-2H3. The molecule has 7 heteroatoms. The van der Waals surface area contributed by atoms with E-state index in [0.29, 0.717) is 12.5 Å². The fourth-order valence-corrected chi connectivity index (χ4v) is 4.72. The SMILES string of the molecule is CCC1C(c2ccc(C)cc2)CCN1CC(O)C(O)C(O)c1cnn(-c2ccccc2)n1. The first-order chi connectivity index (χ1) is 15.5. The summed E-state index contributed by atoms with van der Waals surface area (Å²) in [5, 5.41) is 40.5. The van der Waals surface area contributed by atoms with Crippen molar-refractivity contribution in [2.75, 3.05) is 13.1 Å². The van der Waals surface area contributed by atoms with Gasteiger partial charge in [-0.15, -0.1) is 0 Å². The first kappa shape index (κ1) is 22.6. The number of nitrogens with zero attached hydrogens (tertiary/aromatic N) is 4. The van der Waals surface area contributed by atoms with Crippen molar-refractivity contribution in [3.63, 3.8) is 0 Å². The molecule has 3 N–H and O–H groups in total. The van der Waals surface area contributed by atoms with Crippen LogP contribution < -0.4 is 0 Å². The maximum Gasteiger partial charge on any atom is 0.128 e. The van der Waals surface area contributed by atoms with Gasteiger partial charge in [0.05, 0.1) is 18.0 Å². The number of rotatable bonds is 8. The number of aryl methyl sites for hydroxylation is 1.